The van der Waals surface area contributed by atoms with E-state index in [-0.39, 0.29) is 34.6 Å². The van der Waals surface area contributed by atoms with Crippen molar-refractivity contribution in [3.8, 4) is 0 Å². The number of hydrogen-bond donors (Lipinski definition) is 1. The van der Waals surface area contributed by atoms with Crippen molar-refractivity contribution in [3.05, 3.63) is 98.4 Å². The molecule has 2 amide bonds. The Hall–Kier alpha value is -2.59. The van der Waals surface area contributed by atoms with Crippen LogP contribution in [0.3, 0.4) is 0 Å². The summed E-state index contributed by atoms with van der Waals surface area (Å²) < 4.78 is 27.5. The molecule has 0 spiro atoms. The summed E-state index contributed by atoms with van der Waals surface area (Å²) in [7, 11) is -3.96. The normalized spacial score (nSPS) is 12.5. The SMILES string of the molecule is CC(C)(C)NC(=O)C(Cc1ccccc1)N(Cc1cccc(Br)c1)C(=O)CN(c1cccc(Cl)c1Cl)S(C)(=O)=O. The molecule has 3 aromatic rings. The third-order valence-electron chi connectivity index (χ3n) is 5.89. The maximum atomic E-state index is 14.1. The van der Waals surface area contributed by atoms with Gasteiger partial charge in [-0.3, -0.25) is 13.9 Å². The molecule has 0 aliphatic heterocycles. The van der Waals surface area contributed by atoms with E-state index < -0.39 is 34.1 Å². The standard InChI is InChI=1S/C29H32BrCl2N3O4S/c1-29(2,3)33-28(37)25(17-20-10-6-5-7-11-20)34(18-21-12-8-13-22(30)16-21)26(36)19-35(40(4,38)39)24-15-9-14-23(31)27(24)32/h5-16,25H,17-19H2,1-4H3,(H,33,37). The first-order valence-electron chi connectivity index (χ1n) is 12.5. The van der Waals surface area contributed by atoms with Crippen molar-refractivity contribution in [1.29, 1.82) is 0 Å². The quantitative estimate of drug-likeness (QED) is 0.284. The van der Waals surface area contributed by atoms with Gasteiger partial charge in [0, 0.05) is 23.0 Å². The van der Waals surface area contributed by atoms with Crippen molar-refractivity contribution in [2.24, 2.45) is 0 Å². The van der Waals surface area contributed by atoms with Gasteiger partial charge in [-0.15, -0.1) is 0 Å². The number of halogens is 3. The van der Waals surface area contributed by atoms with E-state index in [0.717, 1.165) is 26.2 Å². The van der Waals surface area contributed by atoms with Crippen molar-refractivity contribution < 1.29 is 18.0 Å². The fraction of sp³-hybridized carbons (Fsp3) is 0.310. The summed E-state index contributed by atoms with van der Waals surface area (Å²) in [4.78, 5) is 29.3. The Bertz CT molecular complexity index is 1460. The number of rotatable bonds is 10. The molecule has 11 heteroatoms. The minimum Gasteiger partial charge on any atom is -0.350 e. The number of nitrogens with zero attached hydrogens (tertiary/aromatic N) is 2. The van der Waals surface area contributed by atoms with Gasteiger partial charge in [-0.05, 0) is 56.2 Å². The molecule has 0 radical (unpaired) electrons. The second kappa shape index (κ2) is 13.4. The van der Waals surface area contributed by atoms with E-state index in [1.165, 1.54) is 17.0 Å². The van der Waals surface area contributed by atoms with Crippen LogP contribution in [-0.2, 0) is 32.6 Å². The molecule has 0 heterocycles. The lowest BCUT2D eigenvalue weighted by Gasteiger charge is -2.35. The number of carbonyl (C=O) groups excluding carboxylic acids is 2. The summed E-state index contributed by atoms with van der Waals surface area (Å²) in [5.41, 5.74) is 1.12. The lowest BCUT2D eigenvalue weighted by atomic mass is 10.0. The lowest BCUT2D eigenvalue weighted by molar-refractivity contribution is -0.140. The molecule has 3 rings (SSSR count). The second-order valence-electron chi connectivity index (χ2n) is 10.4. The summed E-state index contributed by atoms with van der Waals surface area (Å²) in [6.45, 7) is 5.06. The minimum absolute atomic E-state index is 0.00671. The highest BCUT2D eigenvalue weighted by Gasteiger charge is 2.34. The highest BCUT2D eigenvalue weighted by atomic mass is 79.9. The minimum atomic E-state index is -3.96. The molecular formula is C29H32BrCl2N3O4S. The van der Waals surface area contributed by atoms with Gasteiger partial charge in [0.15, 0.2) is 0 Å². The number of benzene rings is 3. The molecule has 1 atom stereocenters. The fourth-order valence-corrected chi connectivity index (χ4v) is 5.87. The predicted octanol–water partition coefficient (Wildman–Crippen LogP) is 6.08. The summed E-state index contributed by atoms with van der Waals surface area (Å²) in [5.74, 6) is -0.933. The van der Waals surface area contributed by atoms with Crippen molar-refractivity contribution in [2.75, 3.05) is 17.1 Å². The topological polar surface area (TPSA) is 86.8 Å². The number of amides is 2. The Morgan fingerprint density at radius 1 is 0.950 bits per heavy atom. The van der Waals surface area contributed by atoms with Crippen LogP contribution in [0.5, 0.6) is 0 Å². The Labute approximate surface area is 254 Å². The van der Waals surface area contributed by atoms with E-state index in [2.05, 4.69) is 21.2 Å². The smallest absolute Gasteiger partial charge is 0.244 e. The molecule has 1 unspecified atom stereocenters. The maximum absolute atomic E-state index is 14.1. The van der Waals surface area contributed by atoms with Gasteiger partial charge in [0.2, 0.25) is 21.8 Å². The van der Waals surface area contributed by atoms with Gasteiger partial charge in [-0.1, -0.05) is 87.7 Å². The number of sulfonamides is 1. The van der Waals surface area contributed by atoms with Crippen LogP contribution in [0.4, 0.5) is 5.69 Å². The first kappa shape index (κ1) is 31.9. The zero-order valence-corrected chi connectivity index (χ0v) is 26.6. The molecule has 0 saturated carbocycles. The highest BCUT2D eigenvalue weighted by Crippen LogP contribution is 2.34. The van der Waals surface area contributed by atoms with Crippen LogP contribution in [0.1, 0.15) is 31.9 Å². The van der Waals surface area contributed by atoms with Crippen LogP contribution in [0.15, 0.2) is 77.3 Å². The van der Waals surface area contributed by atoms with Crippen LogP contribution >= 0.6 is 39.1 Å². The van der Waals surface area contributed by atoms with Gasteiger partial charge in [0.1, 0.15) is 12.6 Å². The summed E-state index contributed by atoms with van der Waals surface area (Å²) in [6.07, 6.45) is 1.21. The second-order valence-corrected chi connectivity index (χ2v) is 14.0. The predicted molar refractivity (Wildman–Crippen MR) is 165 cm³/mol. The van der Waals surface area contributed by atoms with Crippen molar-refractivity contribution >= 4 is 66.7 Å². The fourth-order valence-electron chi connectivity index (χ4n) is 4.12. The van der Waals surface area contributed by atoms with E-state index in [1.54, 1.807) is 6.07 Å². The van der Waals surface area contributed by atoms with E-state index in [4.69, 9.17) is 23.2 Å². The van der Waals surface area contributed by atoms with Gasteiger partial charge >= 0.3 is 0 Å². The van der Waals surface area contributed by atoms with Crippen LogP contribution in [0.25, 0.3) is 0 Å². The zero-order chi connectivity index (χ0) is 29.7. The Morgan fingerprint density at radius 2 is 1.57 bits per heavy atom. The molecular weight excluding hydrogens is 637 g/mol. The average molecular weight is 669 g/mol. The van der Waals surface area contributed by atoms with Crippen molar-refractivity contribution in [1.82, 2.24) is 10.2 Å². The van der Waals surface area contributed by atoms with Gasteiger partial charge in [0.05, 0.1) is 22.0 Å². The van der Waals surface area contributed by atoms with E-state index >= 15 is 0 Å². The zero-order valence-electron chi connectivity index (χ0n) is 22.7. The average Bonchev–Trinajstić information content (AvgIpc) is 2.85. The number of nitrogens with one attached hydrogen (secondary N) is 1. The molecule has 0 saturated heterocycles. The number of carbonyl (C=O) groups is 2. The van der Waals surface area contributed by atoms with Crippen LogP contribution < -0.4 is 9.62 Å². The first-order chi connectivity index (χ1) is 18.7. The lowest BCUT2D eigenvalue weighted by Crippen LogP contribution is -2.56. The molecule has 0 aliphatic rings. The van der Waals surface area contributed by atoms with Crippen molar-refractivity contribution in [3.63, 3.8) is 0 Å². The largest absolute Gasteiger partial charge is 0.350 e. The number of hydrogen-bond acceptors (Lipinski definition) is 4. The van der Waals surface area contributed by atoms with E-state index in [0.29, 0.717) is 0 Å². The van der Waals surface area contributed by atoms with Crippen LogP contribution in [0, 0.1) is 0 Å². The molecule has 0 aromatic heterocycles. The van der Waals surface area contributed by atoms with Gasteiger partial charge in [-0.2, -0.15) is 0 Å². The van der Waals surface area contributed by atoms with Crippen molar-refractivity contribution in [2.45, 2.75) is 45.3 Å². The third kappa shape index (κ3) is 8.96. The molecule has 1 N–H and O–H groups in total. The summed E-state index contributed by atoms with van der Waals surface area (Å²) in [6, 6.07) is 20.4. The summed E-state index contributed by atoms with van der Waals surface area (Å²) >= 11 is 16.0. The monoisotopic (exact) mass is 667 g/mol. The Morgan fingerprint density at radius 3 is 2.17 bits per heavy atom. The molecule has 214 valence electrons. The first-order valence-corrected chi connectivity index (χ1v) is 15.9. The molecule has 3 aromatic carbocycles. The van der Waals surface area contributed by atoms with Gasteiger partial charge in [0.25, 0.3) is 0 Å². The van der Waals surface area contributed by atoms with E-state index in [9.17, 15) is 18.0 Å². The highest BCUT2D eigenvalue weighted by molar-refractivity contribution is 9.10. The van der Waals surface area contributed by atoms with Gasteiger partial charge < -0.3 is 10.2 Å². The molecule has 0 aliphatic carbocycles. The maximum Gasteiger partial charge on any atom is 0.244 e. The number of anilines is 1. The molecule has 0 fully saturated rings. The Balaban J connectivity index is 2.10. The molecule has 0 bridgehead atoms. The van der Waals surface area contributed by atoms with Crippen LogP contribution in [-0.4, -0.2) is 49.5 Å². The third-order valence-corrected chi connectivity index (χ3v) is 8.32. The van der Waals surface area contributed by atoms with Gasteiger partial charge in [-0.25, -0.2) is 8.42 Å². The molecule has 7 nitrogen and oxygen atoms in total. The van der Waals surface area contributed by atoms with Crippen LogP contribution in [0.2, 0.25) is 10.0 Å². The van der Waals surface area contributed by atoms with E-state index in [1.807, 2.05) is 75.4 Å². The summed E-state index contributed by atoms with van der Waals surface area (Å²) in [5, 5.41) is 3.15. The molecule has 40 heavy (non-hydrogen) atoms. The Kier molecular flexibility index (Phi) is 10.7.